The van der Waals surface area contributed by atoms with Crippen molar-refractivity contribution in [3.8, 4) is 0 Å². The first kappa shape index (κ1) is 62.6. The molecule has 0 amide bonds. The molecule has 0 aromatic heterocycles. The summed E-state index contributed by atoms with van der Waals surface area (Å²) in [5.41, 5.74) is 0. The molecule has 0 aromatic rings. The first-order chi connectivity index (χ1) is 32.5. The highest BCUT2D eigenvalue weighted by Crippen LogP contribution is 2.16. The first-order valence-corrected chi connectivity index (χ1v) is 27.7. The van der Waals surface area contributed by atoms with Crippen molar-refractivity contribution in [2.45, 2.75) is 264 Å². The summed E-state index contributed by atoms with van der Waals surface area (Å²) < 4.78 is 16.8. The molecule has 0 N–H and O–H groups in total. The Bertz CT molecular complexity index is 1290. The van der Waals surface area contributed by atoms with Crippen LogP contribution in [0.15, 0.2) is 85.1 Å². The van der Waals surface area contributed by atoms with E-state index in [0.29, 0.717) is 19.3 Å². The van der Waals surface area contributed by atoms with Crippen molar-refractivity contribution in [1.29, 1.82) is 0 Å². The van der Waals surface area contributed by atoms with Gasteiger partial charge in [-0.25, -0.2) is 0 Å². The van der Waals surface area contributed by atoms with Gasteiger partial charge >= 0.3 is 17.9 Å². The summed E-state index contributed by atoms with van der Waals surface area (Å²) in [6.07, 6.45) is 69.9. The van der Waals surface area contributed by atoms with Crippen molar-refractivity contribution < 1.29 is 28.6 Å². The number of esters is 3. The zero-order valence-electron chi connectivity index (χ0n) is 43.2. The largest absolute Gasteiger partial charge is 0.462 e. The maximum Gasteiger partial charge on any atom is 0.306 e. The lowest BCUT2D eigenvalue weighted by molar-refractivity contribution is -0.167. The van der Waals surface area contributed by atoms with E-state index in [-0.39, 0.29) is 31.1 Å². The second-order valence-corrected chi connectivity index (χ2v) is 18.3. The van der Waals surface area contributed by atoms with Crippen molar-refractivity contribution in [3.05, 3.63) is 85.1 Å². The van der Waals surface area contributed by atoms with Crippen LogP contribution in [0.1, 0.15) is 258 Å². The molecule has 0 aromatic carbocycles. The molecule has 378 valence electrons. The molecule has 1 atom stereocenters. The molecule has 0 radical (unpaired) electrons. The van der Waals surface area contributed by atoms with Crippen LogP contribution in [0.3, 0.4) is 0 Å². The van der Waals surface area contributed by atoms with Gasteiger partial charge in [0.25, 0.3) is 0 Å². The number of carbonyl (C=O) groups is 3. The molecule has 66 heavy (non-hydrogen) atoms. The average molecular weight is 919 g/mol. The minimum atomic E-state index is -0.792. The Labute approximate surface area is 407 Å². The van der Waals surface area contributed by atoms with Crippen LogP contribution in [0.25, 0.3) is 0 Å². The molecular formula is C60H102O6. The Kier molecular flexibility index (Phi) is 51.4. The van der Waals surface area contributed by atoms with Crippen LogP contribution in [-0.2, 0) is 28.6 Å². The fraction of sp³-hybridized carbons (Fsp3) is 0.717. The summed E-state index contributed by atoms with van der Waals surface area (Å²) in [7, 11) is 0. The van der Waals surface area contributed by atoms with Gasteiger partial charge in [0, 0.05) is 19.3 Å². The summed E-state index contributed by atoms with van der Waals surface area (Å²) in [5.74, 6) is -0.927. The molecule has 0 bridgehead atoms. The number of rotatable bonds is 49. The van der Waals surface area contributed by atoms with Crippen LogP contribution in [0.4, 0.5) is 0 Å². The van der Waals surface area contributed by atoms with Crippen LogP contribution in [-0.4, -0.2) is 37.2 Å². The molecule has 6 heteroatoms. The van der Waals surface area contributed by atoms with Crippen LogP contribution in [0, 0.1) is 0 Å². The second-order valence-electron chi connectivity index (χ2n) is 18.3. The molecule has 0 aliphatic carbocycles. The van der Waals surface area contributed by atoms with Gasteiger partial charge in [0.15, 0.2) is 6.10 Å². The smallest absolute Gasteiger partial charge is 0.306 e. The third kappa shape index (κ3) is 51.6. The monoisotopic (exact) mass is 919 g/mol. The highest BCUT2D eigenvalue weighted by molar-refractivity contribution is 5.71. The molecule has 0 aliphatic heterocycles. The molecule has 0 fully saturated rings. The van der Waals surface area contributed by atoms with Crippen molar-refractivity contribution in [1.82, 2.24) is 0 Å². The highest BCUT2D eigenvalue weighted by atomic mass is 16.6. The van der Waals surface area contributed by atoms with Crippen LogP contribution >= 0.6 is 0 Å². The number of hydrogen-bond donors (Lipinski definition) is 0. The summed E-state index contributed by atoms with van der Waals surface area (Å²) >= 11 is 0. The average Bonchev–Trinajstić information content (AvgIpc) is 3.31. The number of carbonyl (C=O) groups excluding carboxylic acids is 3. The van der Waals surface area contributed by atoms with Gasteiger partial charge in [0.05, 0.1) is 0 Å². The summed E-state index contributed by atoms with van der Waals surface area (Å²) in [6.45, 7) is 6.47. The zero-order valence-corrected chi connectivity index (χ0v) is 43.2. The van der Waals surface area contributed by atoms with Crippen LogP contribution in [0.2, 0.25) is 0 Å². The Morgan fingerprint density at radius 2 is 0.591 bits per heavy atom. The van der Waals surface area contributed by atoms with E-state index in [1.165, 1.54) is 148 Å². The van der Waals surface area contributed by atoms with Gasteiger partial charge in [-0.2, -0.15) is 0 Å². The maximum atomic E-state index is 12.8. The van der Waals surface area contributed by atoms with E-state index in [2.05, 4.69) is 32.9 Å². The standard InChI is InChI=1S/C60H102O6/c1-4-7-10-13-16-19-22-25-27-29-30-32-33-35-38-41-44-47-50-53-59(62)65-56-57(55-64-58(61)52-49-46-43-40-37-24-21-18-15-12-9-6-3)66-60(63)54-51-48-45-42-39-36-34-31-28-26-23-20-17-14-11-8-5-2/h7,10,13,16,19,22,25,27,29-30,32-33,35,38,57H,4-6,8-9,11-12,14-15,17-18,20-21,23-24,26,28,31,34,36-37,39-56H2,1-3H3/b10-7-,16-13-,22-19-,27-25-,30-29+,33-32-,38-35-. The SMILES string of the molecule is CC\C=C/C=C\C=C/C=C\C=C\C=C/C=C\CCCCCC(=O)OCC(COC(=O)CCCCCCCCCCCCCC)OC(=O)CCCCCCCCCCCCCCCCCCC. The van der Waals surface area contributed by atoms with E-state index in [1.54, 1.807) is 0 Å². The molecule has 6 nitrogen and oxygen atoms in total. The van der Waals surface area contributed by atoms with Gasteiger partial charge in [-0.1, -0.05) is 286 Å². The lowest BCUT2D eigenvalue weighted by Gasteiger charge is -2.18. The van der Waals surface area contributed by atoms with E-state index < -0.39 is 6.10 Å². The third-order valence-corrected chi connectivity index (χ3v) is 11.9. The number of allylic oxidation sites excluding steroid dienone is 14. The van der Waals surface area contributed by atoms with Gasteiger partial charge < -0.3 is 14.2 Å². The predicted molar refractivity (Wildman–Crippen MR) is 284 cm³/mol. The van der Waals surface area contributed by atoms with E-state index in [0.717, 1.165) is 70.6 Å². The van der Waals surface area contributed by atoms with Crippen molar-refractivity contribution in [3.63, 3.8) is 0 Å². The number of hydrogen-bond acceptors (Lipinski definition) is 6. The molecular weight excluding hydrogens is 817 g/mol. The molecule has 0 saturated carbocycles. The van der Waals surface area contributed by atoms with Crippen molar-refractivity contribution in [2.24, 2.45) is 0 Å². The Balaban J connectivity index is 4.45. The van der Waals surface area contributed by atoms with E-state index >= 15 is 0 Å². The van der Waals surface area contributed by atoms with Crippen molar-refractivity contribution in [2.75, 3.05) is 13.2 Å². The zero-order chi connectivity index (χ0) is 47.9. The topological polar surface area (TPSA) is 78.9 Å². The fourth-order valence-electron chi connectivity index (χ4n) is 7.72. The number of unbranched alkanes of at least 4 members (excludes halogenated alkanes) is 30. The molecule has 0 aliphatic rings. The Morgan fingerprint density at radius 3 is 0.924 bits per heavy atom. The quantitative estimate of drug-likeness (QED) is 0.0262. The fourth-order valence-corrected chi connectivity index (χ4v) is 7.72. The van der Waals surface area contributed by atoms with Gasteiger partial charge in [-0.05, 0) is 38.5 Å². The van der Waals surface area contributed by atoms with Gasteiger partial charge in [-0.3, -0.25) is 14.4 Å². The molecule has 0 saturated heterocycles. The lowest BCUT2D eigenvalue weighted by Crippen LogP contribution is -2.30. The van der Waals surface area contributed by atoms with Gasteiger partial charge in [0.1, 0.15) is 13.2 Å². The number of ether oxygens (including phenoxy) is 3. The summed E-state index contributed by atoms with van der Waals surface area (Å²) in [4.78, 5) is 38.1. The summed E-state index contributed by atoms with van der Waals surface area (Å²) in [6, 6.07) is 0. The molecule has 0 rings (SSSR count). The van der Waals surface area contributed by atoms with Crippen LogP contribution < -0.4 is 0 Å². The minimum Gasteiger partial charge on any atom is -0.462 e. The third-order valence-electron chi connectivity index (χ3n) is 11.9. The van der Waals surface area contributed by atoms with E-state index in [1.807, 2.05) is 72.9 Å². The molecule has 1 unspecified atom stereocenters. The molecule has 0 heterocycles. The van der Waals surface area contributed by atoms with Crippen molar-refractivity contribution >= 4 is 17.9 Å². The normalized spacial score (nSPS) is 12.7. The highest BCUT2D eigenvalue weighted by Gasteiger charge is 2.19. The predicted octanol–water partition coefficient (Wildman–Crippen LogP) is 18.4. The second kappa shape index (κ2) is 54.2. The molecule has 0 spiro atoms. The Hall–Kier alpha value is -3.41. The first-order valence-electron chi connectivity index (χ1n) is 27.7. The maximum absolute atomic E-state index is 12.8. The van der Waals surface area contributed by atoms with Gasteiger partial charge in [0.2, 0.25) is 0 Å². The summed E-state index contributed by atoms with van der Waals surface area (Å²) in [5, 5.41) is 0. The Morgan fingerprint density at radius 1 is 0.318 bits per heavy atom. The van der Waals surface area contributed by atoms with Gasteiger partial charge in [-0.15, -0.1) is 0 Å². The van der Waals surface area contributed by atoms with E-state index in [4.69, 9.17) is 14.2 Å². The minimum absolute atomic E-state index is 0.0883. The lowest BCUT2D eigenvalue weighted by atomic mass is 10.0. The van der Waals surface area contributed by atoms with E-state index in [9.17, 15) is 14.4 Å². The van der Waals surface area contributed by atoms with Crippen LogP contribution in [0.5, 0.6) is 0 Å².